The number of hydrogen-bond acceptors (Lipinski definition) is 2. The highest BCUT2D eigenvalue weighted by Gasteiger charge is 2.11. The maximum atomic E-state index is 13.9. The van der Waals surface area contributed by atoms with Crippen LogP contribution in [-0.4, -0.2) is 32.0 Å². The Morgan fingerprint density at radius 3 is 2.32 bits per heavy atom. The normalized spacial score (nSPS) is 12.5. The Balaban J connectivity index is 0.00000392. The lowest BCUT2D eigenvalue weighted by atomic mass is 10.1. The molecule has 154 valence electrons. The number of hydrogen-bond donors (Lipinski definition) is 2. The smallest absolute Gasteiger partial charge is 0.191 e. The number of aliphatic imine (C=N–C) groups is 1. The van der Waals surface area contributed by atoms with Crippen molar-refractivity contribution in [1.82, 2.24) is 15.5 Å². The lowest BCUT2D eigenvalue weighted by Gasteiger charge is -2.19. The first-order valence-corrected chi connectivity index (χ1v) is 8.64. The van der Waals surface area contributed by atoms with Crippen molar-refractivity contribution in [3.63, 3.8) is 0 Å². The lowest BCUT2D eigenvalue weighted by Crippen LogP contribution is -2.38. The molecule has 0 fully saturated rings. The van der Waals surface area contributed by atoms with E-state index >= 15 is 0 Å². The summed E-state index contributed by atoms with van der Waals surface area (Å²) in [5, 5.41) is 6.27. The van der Waals surface area contributed by atoms with E-state index in [1.807, 2.05) is 32.0 Å². The molecule has 0 spiro atoms. The van der Waals surface area contributed by atoms with Gasteiger partial charge in [-0.2, -0.15) is 0 Å². The molecule has 2 aromatic rings. The molecule has 1 atom stereocenters. The van der Waals surface area contributed by atoms with Crippen LogP contribution in [0.5, 0.6) is 0 Å². The predicted octanol–water partition coefficient (Wildman–Crippen LogP) is 4.21. The van der Waals surface area contributed by atoms with Crippen LogP contribution in [0.25, 0.3) is 0 Å². The molecular weight excluding hydrogens is 480 g/mol. The molecule has 1 unspecified atom stereocenters. The SMILES string of the molecule is CN=C(NCc1ccc(F)c(CN(C)C)c1)NC(C)c1ccc(F)c(F)c1.I. The summed E-state index contributed by atoms with van der Waals surface area (Å²) < 4.78 is 40.4. The van der Waals surface area contributed by atoms with Gasteiger partial charge in [0.2, 0.25) is 0 Å². The van der Waals surface area contributed by atoms with E-state index in [0.29, 0.717) is 30.2 Å². The van der Waals surface area contributed by atoms with Gasteiger partial charge in [-0.15, -0.1) is 24.0 Å². The number of rotatable bonds is 6. The maximum Gasteiger partial charge on any atom is 0.191 e. The van der Waals surface area contributed by atoms with Crippen LogP contribution < -0.4 is 10.6 Å². The molecule has 2 aromatic carbocycles. The predicted molar refractivity (Wildman–Crippen MR) is 117 cm³/mol. The Bertz CT molecular complexity index is 812. The van der Waals surface area contributed by atoms with E-state index in [1.165, 1.54) is 12.1 Å². The van der Waals surface area contributed by atoms with Crippen LogP contribution in [-0.2, 0) is 13.1 Å². The third kappa shape index (κ3) is 6.97. The molecule has 0 amide bonds. The van der Waals surface area contributed by atoms with Crippen LogP contribution in [0.3, 0.4) is 0 Å². The second-order valence-corrected chi connectivity index (χ2v) is 6.63. The fourth-order valence-electron chi connectivity index (χ4n) is 2.65. The highest BCUT2D eigenvalue weighted by molar-refractivity contribution is 14.0. The Morgan fingerprint density at radius 1 is 1.04 bits per heavy atom. The third-order valence-corrected chi connectivity index (χ3v) is 4.08. The molecular formula is C20H26F3IN4. The van der Waals surface area contributed by atoms with E-state index in [0.717, 1.165) is 17.7 Å². The van der Waals surface area contributed by atoms with Gasteiger partial charge in [0.15, 0.2) is 17.6 Å². The minimum atomic E-state index is -0.885. The van der Waals surface area contributed by atoms with Gasteiger partial charge in [0.1, 0.15) is 5.82 Å². The Morgan fingerprint density at radius 2 is 1.71 bits per heavy atom. The molecule has 28 heavy (non-hydrogen) atoms. The van der Waals surface area contributed by atoms with E-state index in [-0.39, 0.29) is 35.8 Å². The molecule has 0 heterocycles. The molecule has 2 N–H and O–H groups in total. The molecule has 0 saturated heterocycles. The number of nitrogens with one attached hydrogen (secondary N) is 2. The van der Waals surface area contributed by atoms with E-state index in [1.54, 1.807) is 13.1 Å². The number of halogens is 4. The van der Waals surface area contributed by atoms with Crippen LogP contribution in [0.2, 0.25) is 0 Å². The summed E-state index contributed by atoms with van der Waals surface area (Å²) in [5.41, 5.74) is 2.14. The summed E-state index contributed by atoms with van der Waals surface area (Å²) in [4.78, 5) is 6.04. The third-order valence-electron chi connectivity index (χ3n) is 4.08. The zero-order valence-corrected chi connectivity index (χ0v) is 18.7. The van der Waals surface area contributed by atoms with Crippen molar-refractivity contribution >= 4 is 29.9 Å². The van der Waals surface area contributed by atoms with E-state index < -0.39 is 11.6 Å². The Labute approximate surface area is 181 Å². The number of guanidine groups is 1. The molecule has 0 aliphatic heterocycles. The Hall–Kier alpha value is -1.81. The summed E-state index contributed by atoms with van der Waals surface area (Å²) in [5.74, 6) is -1.49. The first-order chi connectivity index (χ1) is 12.8. The topological polar surface area (TPSA) is 39.7 Å². The minimum Gasteiger partial charge on any atom is -0.352 e. The van der Waals surface area contributed by atoms with Gasteiger partial charge in [-0.25, -0.2) is 13.2 Å². The van der Waals surface area contributed by atoms with Gasteiger partial charge in [-0.1, -0.05) is 12.1 Å². The van der Waals surface area contributed by atoms with Gasteiger partial charge in [0.25, 0.3) is 0 Å². The van der Waals surface area contributed by atoms with Gasteiger partial charge < -0.3 is 15.5 Å². The summed E-state index contributed by atoms with van der Waals surface area (Å²) in [6.07, 6.45) is 0. The van der Waals surface area contributed by atoms with Crippen LogP contribution in [0.1, 0.15) is 29.7 Å². The molecule has 0 aliphatic rings. The zero-order valence-electron chi connectivity index (χ0n) is 16.4. The number of nitrogens with zero attached hydrogens (tertiary/aromatic N) is 2. The van der Waals surface area contributed by atoms with Gasteiger partial charge in [0, 0.05) is 25.7 Å². The molecule has 0 aliphatic carbocycles. The van der Waals surface area contributed by atoms with Crippen LogP contribution in [0.4, 0.5) is 13.2 Å². The van der Waals surface area contributed by atoms with Crippen molar-refractivity contribution in [2.45, 2.75) is 26.1 Å². The largest absolute Gasteiger partial charge is 0.352 e. The van der Waals surface area contributed by atoms with Gasteiger partial charge in [-0.3, -0.25) is 4.99 Å². The zero-order chi connectivity index (χ0) is 20.0. The summed E-state index contributed by atoms with van der Waals surface area (Å²) >= 11 is 0. The number of benzene rings is 2. The Kier molecular flexibility index (Phi) is 9.74. The van der Waals surface area contributed by atoms with Gasteiger partial charge in [-0.05, 0) is 56.4 Å². The van der Waals surface area contributed by atoms with Crippen LogP contribution in [0, 0.1) is 17.5 Å². The fraction of sp³-hybridized carbons (Fsp3) is 0.350. The van der Waals surface area contributed by atoms with Crippen molar-refractivity contribution in [2.75, 3.05) is 21.1 Å². The first-order valence-electron chi connectivity index (χ1n) is 8.64. The van der Waals surface area contributed by atoms with Crippen LogP contribution >= 0.6 is 24.0 Å². The fourth-order valence-corrected chi connectivity index (χ4v) is 2.65. The molecule has 0 radical (unpaired) electrons. The maximum absolute atomic E-state index is 13.9. The second kappa shape index (κ2) is 11.3. The molecule has 2 rings (SSSR count). The first kappa shape index (κ1) is 24.2. The van der Waals surface area contributed by atoms with E-state index in [2.05, 4.69) is 15.6 Å². The highest BCUT2D eigenvalue weighted by atomic mass is 127. The quantitative estimate of drug-likeness (QED) is 0.351. The minimum absolute atomic E-state index is 0. The van der Waals surface area contributed by atoms with Crippen molar-refractivity contribution < 1.29 is 13.2 Å². The molecule has 0 bridgehead atoms. The standard InChI is InChI=1S/C20H25F3N4.HI/c1-13(15-6-8-18(22)19(23)10-15)26-20(24-2)25-11-14-5-7-17(21)16(9-14)12-27(3)4;/h5-10,13H,11-12H2,1-4H3,(H2,24,25,26);1H. The van der Waals surface area contributed by atoms with Crippen molar-refractivity contribution in [3.05, 3.63) is 70.5 Å². The van der Waals surface area contributed by atoms with Crippen LogP contribution in [0.15, 0.2) is 41.4 Å². The molecule has 0 aromatic heterocycles. The summed E-state index contributed by atoms with van der Waals surface area (Å²) in [6.45, 7) is 2.79. The average molecular weight is 506 g/mol. The van der Waals surface area contributed by atoms with E-state index in [4.69, 9.17) is 0 Å². The lowest BCUT2D eigenvalue weighted by molar-refractivity contribution is 0.392. The molecule has 4 nitrogen and oxygen atoms in total. The van der Waals surface area contributed by atoms with Crippen molar-refractivity contribution in [3.8, 4) is 0 Å². The van der Waals surface area contributed by atoms with Gasteiger partial charge >= 0.3 is 0 Å². The highest BCUT2D eigenvalue weighted by Crippen LogP contribution is 2.16. The summed E-state index contributed by atoms with van der Waals surface area (Å²) in [7, 11) is 5.39. The van der Waals surface area contributed by atoms with Gasteiger partial charge in [0.05, 0.1) is 6.04 Å². The monoisotopic (exact) mass is 506 g/mol. The molecule has 0 saturated carbocycles. The summed E-state index contributed by atoms with van der Waals surface area (Å²) in [6, 6.07) is 8.50. The van der Waals surface area contributed by atoms with Crippen molar-refractivity contribution in [2.24, 2.45) is 4.99 Å². The van der Waals surface area contributed by atoms with E-state index in [9.17, 15) is 13.2 Å². The second-order valence-electron chi connectivity index (χ2n) is 6.63. The molecule has 8 heteroatoms. The van der Waals surface area contributed by atoms with Crippen molar-refractivity contribution in [1.29, 1.82) is 0 Å². The average Bonchev–Trinajstić information content (AvgIpc) is 2.62.